The lowest BCUT2D eigenvalue weighted by Crippen LogP contribution is -2.49. The molecule has 2 N–H and O–H groups in total. The SMILES string of the molecule is [2H]C1([2H])Oc2cc3c(cc2O1)[C@@H]1[C@H](O)[C@@H](O)C=C2CCN(C3)[C@H]21. The van der Waals surface area contributed by atoms with E-state index in [1.165, 1.54) is 5.57 Å². The molecule has 0 spiro atoms. The fourth-order valence-electron chi connectivity index (χ4n) is 4.24. The predicted molar refractivity (Wildman–Crippen MR) is 74.2 cm³/mol. The van der Waals surface area contributed by atoms with Gasteiger partial charge in [-0.3, -0.25) is 4.90 Å². The van der Waals surface area contributed by atoms with Crippen LogP contribution in [0.3, 0.4) is 0 Å². The zero-order valence-corrected chi connectivity index (χ0v) is 11.3. The number of rotatable bonds is 0. The van der Waals surface area contributed by atoms with Crippen molar-refractivity contribution in [2.24, 2.45) is 0 Å². The quantitative estimate of drug-likeness (QED) is 0.690. The molecule has 0 bridgehead atoms. The van der Waals surface area contributed by atoms with Gasteiger partial charge >= 0.3 is 0 Å². The minimum absolute atomic E-state index is 0.109. The van der Waals surface area contributed by atoms with Gasteiger partial charge in [0.2, 0.25) is 6.75 Å². The van der Waals surface area contributed by atoms with E-state index in [9.17, 15) is 10.2 Å². The Hall–Kier alpha value is -1.56. The number of hydrogen-bond acceptors (Lipinski definition) is 5. The second-order valence-electron chi connectivity index (χ2n) is 6.20. The van der Waals surface area contributed by atoms with Crippen LogP contribution in [-0.2, 0) is 6.54 Å². The largest absolute Gasteiger partial charge is 0.454 e. The summed E-state index contributed by atoms with van der Waals surface area (Å²) in [6.07, 6.45) is 0.964. The number of ether oxygens (including phenoxy) is 2. The highest BCUT2D eigenvalue weighted by molar-refractivity contribution is 5.53. The Morgan fingerprint density at radius 2 is 2.05 bits per heavy atom. The first kappa shape index (κ1) is 10.2. The van der Waals surface area contributed by atoms with Gasteiger partial charge < -0.3 is 19.7 Å². The van der Waals surface area contributed by atoms with Gasteiger partial charge in [-0.15, -0.1) is 0 Å². The van der Waals surface area contributed by atoms with E-state index >= 15 is 0 Å². The van der Waals surface area contributed by atoms with Crippen molar-refractivity contribution in [3.63, 3.8) is 0 Å². The molecule has 21 heavy (non-hydrogen) atoms. The number of aliphatic hydroxyl groups excluding tert-OH is 2. The Kier molecular flexibility index (Phi) is 1.95. The van der Waals surface area contributed by atoms with Gasteiger partial charge in [0.1, 0.15) is 2.74 Å². The normalized spacial score (nSPS) is 40.0. The fourth-order valence-corrected chi connectivity index (χ4v) is 4.24. The summed E-state index contributed by atoms with van der Waals surface area (Å²) < 4.78 is 25.6. The lowest BCUT2D eigenvalue weighted by Gasteiger charge is -2.44. The van der Waals surface area contributed by atoms with Crippen LogP contribution in [-0.4, -0.2) is 46.7 Å². The molecule has 5 rings (SSSR count). The first-order chi connectivity index (χ1) is 10.9. The molecular weight excluding hydrogens is 270 g/mol. The molecule has 110 valence electrons. The Bertz CT molecular complexity index is 735. The summed E-state index contributed by atoms with van der Waals surface area (Å²) in [5.74, 6) is 0.530. The molecule has 0 radical (unpaired) electrons. The minimum Gasteiger partial charge on any atom is -0.454 e. The maximum Gasteiger partial charge on any atom is 0.231 e. The van der Waals surface area contributed by atoms with Crippen molar-refractivity contribution in [3.05, 3.63) is 34.9 Å². The first-order valence-corrected chi connectivity index (χ1v) is 7.28. The summed E-state index contributed by atoms with van der Waals surface area (Å²) in [5, 5.41) is 20.7. The highest BCUT2D eigenvalue weighted by Crippen LogP contribution is 2.49. The van der Waals surface area contributed by atoms with E-state index in [2.05, 4.69) is 4.90 Å². The number of aliphatic hydroxyl groups is 2. The highest BCUT2D eigenvalue weighted by Gasteiger charge is 2.48. The van der Waals surface area contributed by atoms with E-state index in [-0.39, 0.29) is 12.0 Å². The Labute approximate surface area is 125 Å². The van der Waals surface area contributed by atoms with Crippen LogP contribution in [0.4, 0.5) is 0 Å². The summed E-state index contributed by atoms with van der Waals surface area (Å²) in [4.78, 5) is 2.31. The van der Waals surface area contributed by atoms with E-state index in [1.54, 1.807) is 18.2 Å². The molecule has 4 atom stereocenters. The standard InChI is InChI=1S/C16H17NO4/c18-11-3-8-1-2-17-6-9-4-12-13(21-7-20-12)5-10(9)14(15(8)17)16(11)19/h3-5,11,14-16,18-19H,1-2,6-7H2/t11-,14-,15+,16+/m0/s1/i7D2. The van der Waals surface area contributed by atoms with E-state index in [0.717, 1.165) is 30.6 Å². The molecule has 0 amide bonds. The van der Waals surface area contributed by atoms with Crippen LogP contribution in [0.5, 0.6) is 11.5 Å². The number of benzene rings is 1. The maximum absolute atomic E-state index is 10.6. The predicted octanol–water partition coefficient (Wildman–Crippen LogP) is 0.749. The third kappa shape index (κ3) is 1.51. The molecule has 0 aromatic heterocycles. The lowest BCUT2D eigenvalue weighted by atomic mass is 9.73. The zero-order valence-electron chi connectivity index (χ0n) is 13.3. The number of hydrogen-bond donors (Lipinski definition) is 2. The van der Waals surface area contributed by atoms with Crippen LogP contribution in [0.1, 0.15) is 26.2 Å². The van der Waals surface area contributed by atoms with Crippen LogP contribution >= 0.6 is 0 Å². The van der Waals surface area contributed by atoms with Gasteiger partial charge in [0.25, 0.3) is 0 Å². The van der Waals surface area contributed by atoms with Crippen LogP contribution in [0, 0.1) is 0 Å². The third-order valence-electron chi connectivity index (χ3n) is 5.15. The fraction of sp³-hybridized carbons (Fsp3) is 0.500. The van der Waals surface area contributed by atoms with Crippen LogP contribution in [0.2, 0.25) is 0 Å². The van der Waals surface area contributed by atoms with Gasteiger partial charge in [-0.25, -0.2) is 0 Å². The maximum atomic E-state index is 10.6. The molecule has 1 aliphatic carbocycles. The third-order valence-corrected chi connectivity index (χ3v) is 5.15. The van der Waals surface area contributed by atoms with Crippen molar-refractivity contribution in [2.45, 2.75) is 37.1 Å². The Morgan fingerprint density at radius 3 is 2.90 bits per heavy atom. The molecule has 3 aliphatic heterocycles. The van der Waals surface area contributed by atoms with Crippen molar-refractivity contribution in [3.8, 4) is 11.5 Å². The molecule has 0 saturated carbocycles. The van der Waals surface area contributed by atoms with Crippen molar-refractivity contribution in [2.75, 3.05) is 13.3 Å². The van der Waals surface area contributed by atoms with Crippen molar-refractivity contribution < 1.29 is 22.4 Å². The van der Waals surface area contributed by atoms with E-state index in [0.29, 0.717) is 11.5 Å². The minimum atomic E-state index is -2.15. The molecule has 1 aromatic rings. The smallest absolute Gasteiger partial charge is 0.231 e. The van der Waals surface area contributed by atoms with Crippen LogP contribution in [0.25, 0.3) is 0 Å². The number of nitrogens with zero attached hydrogens (tertiary/aromatic N) is 1. The molecule has 1 fully saturated rings. The van der Waals surface area contributed by atoms with Crippen molar-refractivity contribution in [1.29, 1.82) is 0 Å². The van der Waals surface area contributed by atoms with Gasteiger partial charge in [-0.2, -0.15) is 0 Å². The van der Waals surface area contributed by atoms with E-state index < -0.39 is 19.0 Å². The summed E-state index contributed by atoms with van der Waals surface area (Å²) >= 11 is 0. The van der Waals surface area contributed by atoms with Crippen LogP contribution < -0.4 is 9.47 Å². The van der Waals surface area contributed by atoms with Crippen molar-refractivity contribution in [1.82, 2.24) is 4.90 Å². The molecular formula is C16H17NO4. The van der Waals surface area contributed by atoms with Gasteiger partial charge in [0.05, 0.1) is 12.2 Å². The summed E-state index contributed by atoms with van der Waals surface area (Å²) in [6, 6.07) is 3.69. The second kappa shape index (κ2) is 4.00. The molecule has 1 aromatic carbocycles. The molecule has 1 saturated heterocycles. The molecule has 4 aliphatic rings. The molecule has 5 nitrogen and oxygen atoms in total. The van der Waals surface area contributed by atoms with Crippen LogP contribution in [0.15, 0.2) is 23.8 Å². The second-order valence-corrected chi connectivity index (χ2v) is 6.20. The monoisotopic (exact) mass is 289 g/mol. The van der Waals surface area contributed by atoms with E-state index in [4.69, 9.17) is 12.2 Å². The van der Waals surface area contributed by atoms with Gasteiger partial charge in [-0.05, 0) is 29.7 Å². The topological polar surface area (TPSA) is 62.2 Å². The molecule has 3 heterocycles. The van der Waals surface area contributed by atoms with Gasteiger partial charge in [0, 0.05) is 25.0 Å². The summed E-state index contributed by atoms with van der Waals surface area (Å²) in [7, 11) is 0. The summed E-state index contributed by atoms with van der Waals surface area (Å²) in [6.45, 7) is -0.518. The average Bonchev–Trinajstić information content (AvgIpc) is 3.00. The lowest BCUT2D eigenvalue weighted by molar-refractivity contribution is -0.00157. The van der Waals surface area contributed by atoms with Gasteiger partial charge in [-0.1, -0.05) is 11.6 Å². The molecule has 0 unspecified atom stereocenters. The Morgan fingerprint density at radius 1 is 1.24 bits per heavy atom. The van der Waals surface area contributed by atoms with Gasteiger partial charge in [0.15, 0.2) is 11.5 Å². The first-order valence-electron chi connectivity index (χ1n) is 8.28. The Balaban J connectivity index is 1.66. The zero-order chi connectivity index (χ0) is 15.9. The summed E-state index contributed by atoms with van der Waals surface area (Å²) in [5.41, 5.74) is 3.11. The van der Waals surface area contributed by atoms with E-state index in [1.807, 2.05) is 0 Å². The highest BCUT2D eigenvalue weighted by atomic mass is 16.7. The number of fused-ring (bicyclic) bond motifs is 3. The average molecular weight is 289 g/mol. The molecule has 5 heteroatoms. The van der Waals surface area contributed by atoms with Crippen molar-refractivity contribution >= 4 is 0 Å².